The van der Waals surface area contributed by atoms with Crippen molar-refractivity contribution in [3.05, 3.63) is 59.0 Å². The molecule has 2 aromatic rings. The Kier molecular flexibility index (Phi) is 7.12. The van der Waals surface area contributed by atoms with Gasteiger partial charge in [0.25, 0.3) is 11.8 Å². The van der Waals surface area contributed by atoms with Crippen molar-refractivity contribution in [3.63, 3.8) is 0 Å². The molecular weight excluding hydrogens is 420 g/mol. The highest BCUT2D eigenvalue weighted by atomic mass is 32.2. The Labute approximate surface area is 185 Å². The van der Waals surface area contributed by atoms with Gasteiger partial charge in [0.1, 0.15) is 15.8 Å². The van der Waals surface area contributed by atoms with Crippen molar-refractivity contribution in [2.75, 3.05) is 19.0 Å². The van der Waals surface area contributed by atoms with Gasteiger partial charge in [-0.15, -0.1) is 0 Å². The number of thioether (sulfide) groups is 1. The number of carbonyl (C=O) groups is 2. The summed E-state index contributed by atoms with van der Waals surface area (Å²) in [6.45, 7) is 3.68. The Morgan fingerprint density at radius 1 is 1.20 bits per heavy atom. The number of hydrogen-bond acceptors (Lipinski definition) is 6. The summed E-state index contributed by atoms with van der Waals surface area (Å²) >= 11 is 6.59. The second-order valence-electron chi connectivity index (χ2n) is 6.75. The molecule has 3 rings (SSSR count). The fourth-order valence-corrected chi connectivity index (χ4v) is 4.33. The molecular formula is C22H22N2O4S2. The zero-order valence-corrected chi connectivity index (χ0v) is 18.5. The molecule has 0 radical (unpaired) electrons. The summed E-state index contributed by atoms with van der Waals surface area (Å²) in [7, 11) is 1.58. The minimum absolute atomic E-state index is 0.00320. The number of benzene rings is 2. The number of nitrogens with one attached hydrogen (secondary N) is 1. The Morgan fingerprint density at radius 2 is 1.90 bits per heavy atom. The monoisotopic (exact) mass is 442 g/mol. The molecule has 0 aliphatic carbocycles. The fraction of sp³-hybridized carbons (Fsp3) is 0.227. The average molecular weight is 443 g/mol. The van der Waals surface area contributed by atoms with Gasteiger partial charge in [0.15, 0.2) is 6.61 Å². The zero-order valence-electron chi connectivity index (χ0n) is 16.9. The summed E-state index contributed by atoms with van der Waals surface area (Å²) in [5, 5.41) is 2.77. The molecule has 1 heterocycles. The predicted octanol–water partition coefficient (Wildman–Crippen LogP) is 4.32. The first-order valence-corrected chi connectivity index (χ1v) is 10.5. The highest BCUT2D eigenvalue weighted by Crippen LogP contribution is 2.35. The van der Waals surface area contributed by atoms with Crippen LogP contribution in [-0.2, 0) is 9.59 Å². The van der Waals surface area contributed by atoms with Gasteiger partial charge in [0, 0.05) is 17.3 Å². The molecule has 1 fully saturated rings. The number of hydrogen-bond donors (Lipinski definition) is 1. The van der Waals surface area contributed by atoms with E-state index < -0.39 is 0 Å². The molecule has 0 aromatic heterocycles. The maximum Gasteiger partial charge on any atom is 0.266 e. The number of methoxy groups -OCH3 is 1. The van der Waals surface area contributed by atoms with Crippen molar-refractivity contribution in [1.82, 2.24) is 4.90 Å². The van der Waals surface area contributed by atoms with Crippen LogP contribution in [0.25, 0.3) is 6.08 Å². The molecule has 1 saturated heterocycles. The standard InChI is InChI=1S/C22H22N2O4S2/c1-14(2)24-21(26)19(30-22(24)29)12-15-6-4-5-7-18(15)28-13-20(25)23-16-8-10-17(27-3)11-9-16/h4-12,14H,13H2,1-3H3,(H,23,25)/b19-12-. The number of amides is 2. The lowest BCUT2D eigenvalue weighted by atomic mass is 10.2. The summed E-state index contributed by atoms with van der Waals surface area (Å²) in [4.78, 5) is 27.0. The van der Waals surface area contributed by atoms with Gasteiger partial charge in [-0.3, -0.25) is 14.5 Å². The fourth-order valence-electron chi connectivity index (χ4n) is 2.81. The first-order chi connectivity index (χ1) is 14.4. The van der Waals surface area contributed by atoms with Crippen LogP contribution in [0.3, 0.4) is 0 Å². The molecule has 2 aromatic carbocycles. The summed E-state index contributed by atoms with van der Waals surface area (Å²) in [6.07, 6.45) is 1.75. The van der Waals surface area contributed by atoms with Gasteiger partial charge in [0.05, 0.1) is 12.0 Å². The molecule has 0 saturated carbocycles. The second kappa shape index (κ2) is 9.77. The Bertz CT molecular complexity index is 987. The third-order valence-electron chi connectivity index (χ3n) is 4.28. The maximum atomic E-state index is 12.6. The van der Waals surface area contributed by atoms with Crippen LogP contribution in [0.2, 0.25) is 0 Å². The highest BCUT2D eigenvalue weighted by molar-refractivity contribution is 8.26. The third kappa shape index (κ3) is 5.20. The largest absolute Gasteiger partial charge is 0.497 e. The van der Waals surface area contributed by atoms with E-state index in [1.165, 1.54) is 11.8 Å². The SMILES string of the molecule is COc1ccc(NC(=O)COc2ccccc2/C=C2\SC(=S)N(C(C)C)C2=O)cc1. The number of thiocarbonyl (C=S) groups is 1. The number of para-hydroxylation sites is 1. The van der Waals surface area contributed by atoms with Crippen LogP contribution >= 0.6 is 24.0 Å². The van der Waals surface area contributed by atoms with Gasteiger partial charge in [-0.25, -0.2) is 0 Å². The van der Waals surface area contributed by atoms with E-state index in [1.54, 1.807) is 48.4 Å². The topological polar surface area (TPSA) is 67.9 Å². The minimum atomic E-state index is -0.291. The van der Waals surface area contributed by atoms with Crippen LogP contribution in [0, 0.1) is 0 Å². The maximum absolute atomic E-state index is 12.6. The molecule has 0 spiro atoms. The second-order valence-corrected chi connectivity index (χ2v) is 8.42. The van der Waals surface area contributed by atoms with Crippen molar-refractivity contribution in [2.24, 2.45) is 0 Å². The van der Waals surface area contributed by atoms with Crippen molar-refractivity contribution >= 4 is 51.9 Å². The lowest BCUT2D eigenvalue weighted by Gasteiger charge is -2.18. The molecule has 1 aliphatic rings. The summed E-state index contributed by atoms with van der Waals surface area (Å²) in [6, 6.07) is 14.3. The number of ether oxygens (including phenoxy) is 2. The molecule has 1 N–H and O–H groups in total. The van der Waals surface area contributed by atoms with Gasteiger partial charge in [-0.05, 0) is 50.3 Å². The average Bonchev–Trinajstić information content (AvgIpc) is 3.01. The van der Waals surface area contributed by atoms with Crippen molar-refractivity contribution < 1.29 is 19.1 Å². The first-order valence-electron chi connectivity index (χ1n) is 9.32. The Hall–Kier alpha value is -2.84. The van der Waals surface area contributed by atoms with Gasteiger partial charge in [-0.1, -0.05) is 42.2 Å². The molecule has 0 bridgehead atoms. The molecule has 30 heavy (non-hydrogen) atoms. The lowest BCUT2D eigenvalue weighted by molar-refractivity contribution is -0.123. The van der Waals surface area contributed by atoms with Crippen molar-refractivity contribution in [2.45, 2.75) is 19.9 Å². The normalized spacial score (nSPS) is 15.1. The summed E-state index contributed by atoms with van der Waals surface area (Å²) in [5.74, 6) is 0.811. The first kappa shape index (κ1) is 21.9. The van der Waals surface area contributed by atoms with Gasteiger partial charge >= 0.3 is 0 Å². The van der Waals surface area contributed by atoms with Crippen LogP contribution in [0.5, 0.6) is 11.5 Å². The number of anilines is 1. The molecule has 0 unspecified atom stereocenters. The smallest absolute Gasteiger partial charge is 0.266 e. The molecule has 6 nitrogen and oxygen atoms in total. The number of carbonyl (C=O) groups excluding carboxylic acids is 2. The summed E-state index contributed by atoms with van der Waals surface area (Å²) < 4.78 is 11.4. The van der Waals surface area contributed by atoms with E-state index in [1.807, 2.05) is 32.0 Å². The van der Waals surface area contributed by atoms with Crippen LogP contribution in [-0.4, -0.2) is 40.8 Å². The predicted molar refractivity (Wildman–Crippen MR) is 124 cm³/mol. The quantitative estimate of drug-likeness (QED) is 0.509. The van der Waals surface area contributed by atoms with E-state index >= 15 is 0 Å². The molecule has 8 heteroatoms. The Balaban J connectivity index is 1.67. The number of nitrogens with zero attached hydrogens (tertiary/aromatic N) is 1. The van der Waals surface area contributed by atoms with E-state index in [9.17, 15) is 9.59 Å². The van der Waals surface area contributed by atoms with E-state index in [-0.39, 0.29) is 24.5 Å². The van der Waals surface area contributed by atoms with E-state index in [2.05, 4.69) is 5.32 Å². The summed E-state index contributed by atoms with van der Waals surface area (Å²) in [5.41, 5.74) is 1.36. The van der Waals surface area contributed by atoms with Gasteiger partial charge < -0.3 is 14.8 Å². The van der Waals surface area contributed by atoms with Crippen molar-refractivity contribution in [3.8, 4) is 11.5 Å². The van der Waals surface area contributed by atoms with Crippen molar-refractivity contribution in [1.29, 1.82) is 0 Å². The Morgan fingerprint density at radius 3 is 2.53 bits per heavy atom. The van der Waals surface area contributed by atoms with Gasteiger partial charge in [-0.2, -0.15) is 0 Å². The van der Waals surface area contributed by atoms with E-state index in [4.69, 9.17) is 21.7 Å². The molecule has 1 aliphatic heterocycles. The van der Waals surface area contributed by atoms with Crippen LogP contribution in [0.1, 0.15) is 19.4 Å². The van der Waals surface area contributed by atoms with Gasteiger partial charge in [0.2, 0.25) is 0 Å². The van der Waals surface area contributed by atoms with E-state index in [0.29, 0.717) is 32.0 Å². The third-order valence-corrected chi connectivity index (χ3v) is 5.61. The lowest BCUT2D eigenvalue weighted by Crippen LogP contribution is -2.34. The zero-order chi connectivity index (χ0) is 21.7. The molecule has 2 amide bonds. The van der Waals surface area contributed by atoms with Crippen LogP contribution in [0.4, 0.5) is 5.69 Å². The minimum Gasteiger partial charge on any atom is -0.497 e. The molecule has 0 atom stereocenters. The van der Waals surface area contributed by atoms with Crippen LogP contribution < -0.4 is 14.8 Å². The number of rotatable bonds is 7. The van der Waals surface area contributed by atoms with E-state index in [0.717, 1.165) is 0 Å². The molecule has 156 valence electrons. The van der Waals surface area contributed by atoms with Crippen LogP contribution in [0.15, 0.2) is 53.4 Å². The highest BCUT2D eigenvalue weighted by Gasteiger charge is 2.33.